The smallest absolute Gasteiger partial charge is 0.217 e. The molecule has 0 aliphatic carbocycles. The SMILES string of the molecule is CC.CCCN(C)c1nc2c(N)nc(OCCOC)cc2n1CC(C)(C)O. The molecule has 2 heterocycles. The molecule has 27 heavy (non-hydrogen) atoms. The van der Waals surface area contributed by atoms with Crippen molar-refractivity contribution >= 4 is 22.8 Å². The molecule has 0 bridgehead atoms. The molecular weight excluding hydrogens is 346 g/mol. The summed E-state index contributed by atoms with van der Waals surface area (Å²) < 4.78 is 12.6. The van der Waals surface area contributed by atoms with Crippen molar-refractivity contribution in [2.75, 3.05) is 44.5 Å². The summed E-state index contributed by atoms with van der Waals surface area (Å²) in [5.41, 5.74) is 6.61. The van der Waals surface area contributed by atoms with Gasteiger partial charge in [0.2, 0.25) is 11.8 Å². The second-order valence-electron chi connectivity index (χ2n) is 6.79. The largest absolute Gasteiger partial charge is 0.475 e. The number of hydrogen-bond donors (Lipinski definition) is 2. The summed E-state index contributed by atoms with van der Waals surface area (Å²) in [6.45, 7) is 11.7. The molecule has 0 amide bonds. The first kappa shape index (κ1) is 23.0. The number of ether oxygens (including phenoxy) is 2. The minimum atomic E-state index is -0.898. The number of aliphatic hydroxyl groups is 1. The Morgan fingerprint density at radius 3 is 2.48 bits per heavy atom. The van der Waals surface area contributed by atoms with Gasteiger partial charge in [0, 0.05) is 26.8 Å². The Hall–Kier alpha value is -2.06. The first-order valence-electron chi connectivity index (χ1n) is 9.48. The lowest BCUT2D eigenvalue weighted by Gasteiger charge is -2.24. The van der Waals surface area contributed by atoms with Gasteiger partial charge in [-0.15, -0.1) is 0 Å². The van der Waals surface area contributed by atoms with E-state index in [0.717, 1.165) is 24.4 Å². The number of rotatable bonds is 9. The third-order valence-corrected chi connectivity index (χ3v) is 3.70. The van der Waals surface area contributed by atoms with Gasteiger partial charge in [0.15, 0.2) is 5.82 Å². The lowest BCUT2D eigenvalue weighted by molar-refractivity contribution is 0.0630. The highest BCUT2D eigenvalue weighted by Crippen LogP contribution is 2.30. The maximum atomic E-state index is 10.3. The van der Waals surface area contributed by atoms with Gasteiger partial charge in [-0.1, -0.05) is 20.8 Å². The first-order chi connectivity index (χ1) is 12.8. The van der Waals surface area contributed by atoms with E-state index in [1.807, 2.05) is 31.5 Å². The zero-order valence-corrected chi connectivity index (χ0v) is 17.7. The van der Waals surface area contributed by atoms with Crippen molar-refractivity contribution in [1.29, 1.82) is 0 Å². The molecule has 0 aliphatic heterocycles. The van der Waals surface area contributed by atoms with Crippen molar-refractivity contribution in [3.05, 3.63) is 6.07 Å². The van der Waals surface area contributed by atoms with E-state index in [2.05, 4.69) is 21.8 Å². The maximum absolute atomic E-state index is 10.3. The highest BCUT2D eigenvalue weighted by atomic mass is 16.5. The number of methoxy groups -OCH3 is 1. The van der Waals surface area contributed by atoms with Crippen LogP contribution in [0.3, 0.4) is 0 Å². The summed E-state index contributed by atoms with van der Waals surface area (Å²) in [5.74, 6) is 1.48. The number of nitrogens with zero attached hydrogens (tertiary/aromatic N) is 4. The van der Waals surface area contributed by atoms with Crippen molar-refractivity contribution in [3.63, 3.8) is 0 Å². The van der Waals surface area contributed by atoms with Crippen molar-refractivity contribution in [3.8, 4) is 5.88 Å². The molecule has 0 saturated carbocycles. The normalized spacial score (nSPS) is 11.3. The average molecular weight is 382 g/mol. The molecule has 8 heteroatoms. The molecule has 154 valence electrons. The van der Waals surface area contributed by atoms with E-state index < -0.39 is 5.60 Å². The van der Waals surface area contributed by atoms with Gasteiger partial charge in [-0.2, -0.15) is 4.98 Å². The predicted molar refractivity (Wildman–Crippen MR) is 111 cm³/mol. The molecule has 2 aromatic heterocycles. The van der Waals surface area contributed by atoms with Gasteiger partial charge in [-0.3, -0.25) is 0 Å². The van der Waals surface area contributed by atoms with Gasteiger partial charge in [-0.05, 0) is 20.3 Å². The van der Waals surface area contributed by atoms with Gasteiger partial charge in [0.05, 0.1) is 24.3 Å². The zero-order chi connectivity index (χ0) is 20.6. The molecule has 0 aliphatic rings. The van der Waals surface area contributed by atoms with E-state index in [4.69, 9.17) is 15.2 Å². The average Bonchev–Trinajstić information content (AvgIpc) is 2.95. The molecule has 0 saturated heterocycles. The Balaban J connectivity index is 0.00000176. The number of aromatic nitrogens is 3. The van der Waals surface area contributed by atoms with Gasteiger partial charge in [0.25, 0.3) is 0 Å². The van der Waals surface area contributed by atoms with Crippen LogP contribution in [0.5, 0.6) is 5.88 Å². The van der Waals surface area contributed by atoms with Gasteiger partial charge in [-0.25, -0.2) is 4.98 Å². The molecule has 3 N–H and O–H groups in total. The molecule has 0 radical (unpaired) electrons. The van der Waals surface area contributed by atoms with Gasteiger partial charge in [0.1, 0.15) is 12.1 Å². The van der Waals surface area contributed by atoms with E-state index in [1.54, 1.807) is 21.0 Å². The minimum absolute atomic E-state index is 0.311. The van der Waals surface area contributed by atoms with Crippen LogP contribution in [0.15, 0.2) is 6.07 Å². The Morgan fingerprint density at radius 2 is 1.93 bits per heavy atom. The van der Waals surface area contributed by atoms with E-state index in [0.29, 0.717) is 37.0 Å². The Morgan fingerprint density at radius 1 is 1.26 bits per heavy atom. The third-order valence-electron chi connectivity index (χ3n) is 3.70. The third kappa shape index (κ3) is 6.25. The summed E-state index contributed by atoms with van der Waals surface area (Å²) in [7, 11) is 3.59. The van der Waals surface area contributed by atoms with Crippen LogP contribution in [-0.4, -0.2) is 59.2 Å². The summed E-state index contributed by atoms with van der Waals surface area (Å²) in [4.78, 5) is 11.0. The van der Waals surface area contributed by atoms with Gasteiger partial charge >= 0.3 is 0 Å². The lowest BCUT2D eigenvalue weighted by Crippen LogP contribution is -2.29. The van der Waals surface area contributed by atoms with E-state index in [-0.39, 0.29) is 0 Å². The van der Waals surface area contributed by atoms with Crippen LogP contribution in [-0.2, 0) is 11.3 Å². The van der Waals surface area contributed by atoms with Gasteiger partial charge < -0.3 is 29.8 Å². The molecule has 2 rings (SSSR count). The predicted octanol–water partition coefficient (Wildman–Crippen LogP) is 2.68. The minimum Gasteiger partial charge on any atom is -0.475 e. The van der Waals surface area contributed by atoms with Crippen LogP contribution in [0, 0.1) is 0 Å². The van der Waals surface area contributed by atoms with E-state index in [1.165, 1.54) is 0 Å². The number of nitrogen functional groups attached to an aromatic ring is 1. The molecule has 2 aromatic rings. The number of anilines is 2. The number of pyridine rings is 1. The Bertz CT molecular complexity index is 709. The maximum Gasteiger partial charge on any atom is 0.217 e. The van der Waals surface area contributed by atoms with Crippen LogP contribution in [0.1, 0.15) is 41.0 Å². The van der Waals surface area contributed by atoms with E-state index in [9.17, 15) is 5.11 Å². The van der Waals surface area contributed by atoms with Crippen LogP contribution < -0.4 is 15.4 Å². The summed E-state index contributed by atoms with van der Waals surface area (Å²) in [6.07, 6.45) is 0.987. The molecule has 8 nitrogen and oxygen atoms in total. The second-order valence-corrected chi connectivity index (χ2v) is 6.79. The molecule has 0 fully saturated rings. The Kier molecular flexibility index (Phi) is 8.78. The highest BCUT2D eigenvalue weighted by molar-refractivity contribution is 5.88. The van der Waals surface area contributed by atoms with Crippen molar-refractivity contribution in [2.45, 2.75) is 53.2 Å². The highest BCUT2D eigenvalue weighted by Gasteiger charge is 2.23. The summed E-state index contributed by atoms with van der Waals surface area (Å²) in [6, 6.07) is 1.81. The number of fused-ring (bicyclic) bond motifs is 1. The zero-order valence-electron chi connectivity index (χ0n) is 17.7. The molecule has 0 atom stereocenters. The summed E-state index contributed by atoms with van der Waals surface area (Å²) in [5, 5.41) is 10.3. The van der Waals surface area contributed by atoms with Crippen molar-refractivity contribution in [2.24, 2.45) is 0 Å². The number of hydrogen-bond acceptors (Lipinski definition) is 7. The van der Waals surface area contributed by atoms with Crippen molar-refractivity contribution < 1.29 is 14.6 Å². The Labute approximate surface area is 162 Å². The quantitative estimate of drug-likeness (QED) is 0.644. The standard InChI is InChI=1S/C17H29N5O3.C2H6/c1-6-7-21(4)16-20-14-12(22(16)11-17(2,3)23)10-13(19-15(14)18)25-9-8-24-5;1-2/h10,23H,6-9,11H2,1-5H3,(H2,18,19);1-2H3. The van der Waals surface area contributed by atoms with Crippen LogP contribution >= 0.6 is 0 Å². The lowest BCUT2D eigenvalue weighted by atomic mass is 10.1. The molecule has 0 aromatic carbocycles. The fourth-order valence-corrected chi connectivity index (χ4v) is 2.68. The monoisotopic (exact) mass is 381 g/mol. The fourth-order valence-electron chi connectivity index (χ4n) is 2.68. The first-order valence-corrected chi connectivity index (χ1v) is 9.48. The van der Waals surface area contributed by atoms with E-state index >= 15 is 0 Å². The molecule has 0 spiro atoms. The molecular formula is C19H35N5O3. The summed E-state index contributed by atoms with van der Waals surface area (Å²) >= 11 is 0. The van der Waals surface area contributed by atoms with Crippen LogP contribution in [0.2, 0.25) is 0 Å². The second kappa shape index (κ2) is 10.3. The van der Waals surface area contributed by atoms with Crippen molar-refractivity contribution in [1.82, 2.24) is 14.5 Å². The number of nitrogens with two attached hydrogens (primary N) is 1. The van der Waals surface area contributed by atoms with Crippen LogP contribution in [0.4, 0.5) is 11.8 Å². The number of imidazole rings is 1. The topological polar surface area (TPSA) is 98.7 Å². The fraction of sp³-hybridized carbons (Fsp3) is 0.684. The van der Waals surface area contributed by atoms with Crippen LogP contribution in [0.25, 0.3) is 11.0 Å². The molecule has 0 unspecified atom stereocenters.